The van der Waals surface area contributed by atoms with Gasteiger partial charge in [0.15, 0.2) is 0 Å². The van der Waals surface area contributed by atoms with Gasteiger partial charge in [-0.15, -0.1) is 0 Å². The van der Waals surface area contributed by atoms with Gasteiger partial charge < -0.3 is 4.98 Å². The standard InChI is InChI=1S/C18H16NOP/c20-18-13-7-8-15(19-18)14-21(16-9-3-1-4-10-16)17-11-5-2-6-12-17/h1-13H,14H2,(H,19,20). The molecule has 0 atom stereocenters. The van der Waals surface area contributed by atoms with Crippen LogP contribution in [0.4, 0.5) is 0 Å². The van der Waals surface area contributed by atoms with Crippen LogP contribution in [-0.4, -0.2) is 4.98 Å². The minimum atomic E-state index is -0.510. The fourth-order valence-corrected chi connectivity index (χ4v) is 4.56. The predicted octanol–water partition coefficient (Wildman–Crippen LogP) is 3.01. The van der Waals surface area contributed by atoms with E-state index in [1.807, 2.05) is 24.3 Å². The number of hydrogen-bond acceptors (Lipinski definition) is 1. The first-order chi connectivity index (χ1) is 10.3. The van der Waals surface area contributed by atoms with Crippen LogP contribution in [-0.2, 0) is 6.16 Å². The molecule has 0 aliphatic carbocycles. The summed E-state index contributed by atoms with van der Waals surface area (Å²) in [7, 11) is -0.510. The van der Waals surface area contributed by atoms with Crippen molar-refractivity contribution in [3.8, 4) is 0 Å². The molecule has 0 aliphatic heterocycles. The minimum absolute atomic E-state index is 0.0384. The molecule has 1 aromatic heterocycles. The van der Waals surface area contributed by atoms with Gasteiger partial charge in [-0.3, -0.25) is 4.79 Å². The lowest BCUT2D eigenvalue weighted by molar-refractivity contribution is 1.12. The van der Waals surface area contributed by atoms with Gasteiger partial charge in [-0.25, -0.2) is 0 Å². The second-order valence-corrected chi connectivity index (χ2v) is 7.00. The number of pyridine rings is 1. The molecule has 1 N–H and O–H groups in total. The predicted molar refractivity (Wildman–Crippen MR) is 89.8 cm³/mol. The molecule has 0 spiro atoms. The van der Waals surface area contributed by atoms with Gasteiger partial charge in [0.25, 0.3) is 0 Å². The lowest BCUT2D eigenvalue weighted by Crippen LogP contribution is -2.15. The Bertz CT molecular complexity index is 713. The molecule has 0 saturated heterocycles. The summed E-state index contributed by atoms with van der Waals surface area (Å²) in [6.45, 7) is 0. The highest BCUT2D eigenvalue weighted by Crippen LogP contribution is 2.36. The average molecular weight is 293 g/mol. The molecule has 0 radical (unpaired) electrons. The Morgan fingerprint density at radius 2 is 1.29 bits per heavy atom. The van der Waals surface area contributed by atoms with Gasteiger partial charge in [0.2, 0.25) is 5.56 Å². The van der Waals surface area contributed by atoms with Crippen molar-refractivity contribution in [2.24, 2.45) is 0 Å². The molecule has 3 aromatic rings. The molecule has 1 heterocycles. The summed E-state index contributed by atoms with van der Waals surface area (Å²) >= 11 is 0. The quantitative estimate of drug-likeness (QED) is 0.737. The summed E-state index contributed by atoms with van der Waals surface area (Å²) in [5.41, 5.74) is 0.949. The third-order valence-electron chi connectivity index (χ3n) is 3.29. The van der Waals surface area contributed by atoms with Gasteiger partial charge in [-0.1, -0.05) is 66.7 Å². The highest BCUT2D eigenvalue weighted by molar-refractivity contribution is 7.72. The second kappa shape index (κ2) is 6.51. The fourth-order valence-electron chi connectivity index (χ4n) is 2.30. The highest BCUT2D eigenvalue weighted by atomic mass is 31.1. The number of hydrogen-bond donors (Lipinski definition) is 1. The van der Waals surface area contributed by atoms with E-state index in [4.69, 9.17) is 0 Å². The van der Waals surface area contributed by atoms with Gasteiger partial charge in [0.05, 0.1) is 0 Å². The smallest absolute Gasteiger partial charge is 0.248 e. The molecule has 0 unspecified atom stereocenters. The Morgan fingerprint density at radius 1 is 0.714 bits per heavy atom. The zero-order valence-electron chi connectivity index (χ0n) is 11.6. The molecule has 0 amide bonds. The zero-order valence-corrected chi connectivity index (χ0v) is 12.5. The number of nitrogens with one attached hydrogen (secondary N) is 1. The maximum Gasteiger partial charge on any atom is 0.248 e. The number of rotatable bonds is 4. The molecule has 3 heteroatoms. The van der Waals surface area contributed by atoms with E-state index in [-0.39, 0.29) is 5.56 Å². The minimum Gasteiger partial charge on any atom is -0.326 e. The van der Waals surface area contributed by atoms with Crippen LogP contribution in [0.2, 0.25) is 0 Å². The van der Waals surface area contributed by atoms with Gasteiger partial charge >= 0.3 is 0 Å². The first kappa shape index (κ1) is 13.8. The molecular weight excluding hydrogens is 277 g/mol. The third kappa shape index (κ3) is 3.48. The van der Waals surface area contributed by atoms with Crippen molar-refractivity contribution < 1.29 is 0 Å². The average Bonchev–Trinajstić information content (AvgIpc) is 2.54. The number of aromatic nitrogens is 1. The van der Waals surface area contributed by atoms with Gasteiger partial charge in [-0.2, -0.15) is 0 Å². The van der Waals surface area contributed by atoms with Gasteiger partial charge in [0, 0.05) is 17.9 Å². The first-order valence-corrected chi connectivity index (χ1v) is 8.41. The fraction of sp³-hybridized carbons (Fsp3) is 0.0556. The monoisotopic (exact) mass is 293 g/mol. The summed E-state index contributed by atoms with van der Waals surface area (Å²) in [4.78, 5) is 14.4. The van der Waals surface area contributed by atoms with E-state index in [9.17, 15) is 4.79 Å². The van der Waals surface area contributed by atoms with Crippen LogP contribution < -0.4 is 16.2 Å². The number of aromatic amines is 1. The topological polar surface area (TPSA) is 32.9 Å². The van der Waals surface area contributed by atoms with E-state index < -0.39 is 7.92 Å². The van der Waals surface area contributed by atoms with Crippen molar-refractivity contribution in [2.45, 2.75) is 6.16 Å². The van der Waals surface area contributed by atoms with Crippen LogP contribution in [0, 0.1) is 0 Å². The van der Waals surface area contributed by atoms with Crippen molar-refractivity contribution in [3.63, 3.8) is 0 Å². The maximum absolute atomic E-state index is 11.5. The summed E-state index contributed by atoms with van der Waals surface area (Å²) in [6, 6.07) is 26.4. The van der Waals surface area contributed by atoms with E-state index in [0.29, 0.717) is 0 Å². The summed E-state index contributed by atoms with van der Waals surface area (Å²) < 4.78 is 0. The molecule has 2 nitrogen and oxygen atoms in total. The van der Waals surface area contributed by atoms with Crippen molar-refractivity contribution in [1.29, 1.82) is 0 Å². The van der Waals surface area contributed by atoms with E-state index in [1.165, 1.54) is 10.6 Å². The van der Waals surface area contributed by atoms with Crippen LogP contribution in [0.25, 0.3) is 0 Å². The van der Waals surface area contributed by atoms with Crippen LogP contribution >= 0.6 is 7.92 Å². The van der Waals surface area contributed by atoms with Crippen LogP contribution in [0.1, 0.15) is 5.69 Å². The van der Waals surface area contributed by atoms with Crippen molar-refractivity contribution in [2.75, 3.05) is 0 Å². The largest absolute Gasteiger partial charge is 0.326 e. The van der Waals surface area contributed by atoms with Crippen molar-refractivity contribution in [1.82, 2.24) is 4.98 Å². The molecule has 2 aromatic carbocycles. The zero-order chi connectivity index (χ0) is 14.5. The Balaban J connectivity index is 1.99. The van der Waals surface area contributed by atoms with Crippen molar-refractivity contribution in [3.05, 3.63) is 94.9 Å². The Kier molecular flexibility index (Phi) is 4.28. The van der Waals surface area contributed by atoms with Gasteiger partial charge in [-0.05, 0) is 24.6 Å². The molecule has 0 aliphatic rings. The third-order valence-corrected chi connectivity index (χ3v) is 5.79. The lowest BCUT2D eigenvalue weighted by Gasteiger charge is -2.18. The van der Waals surface area contributed by atoms with Crippen LogP contribution in [0.3, 0.4) is 0 Å². The second-order valence-electron chi connectivity index (χ2n) is 4.80. The SMILES string of the molecule is O=c1cccc(CP(c2ccccc2)c2ccccc2)[nH]1. The van der Waals surface area contributed by atoms with E-state index in [2.05, 4.69) is 53.5 Å². The summed E-state index contributed by atoms with van der Waals surface area (Å²) in [6.07, 6.45) is 0.847. The Hall–Kier alpha value is -2.18. The molecule has 3 rings (SSSR count). The van der Waals surface area contributed by atoms with Crippen LogP contribution in [0.15, 0.2) is 83.7 Å². The first-order valence-electron chi connectivity index (χ1n) is 6.89. The Morgan fingerprint density at radius 3 is 1.81 bits per heavy atom. The van der Waals surface area contributed by atoms with E-state index in [1.54, 1.807) is 6.07 Å². The maximum atomic E-state index is 11.5. The molecule has 21 heavy (non-hydrogen) atoms. The normalized spacial score (nSPS) is 10.7. The van der Waals surface area contributed by atoms with Crippen molar-refractivity contribution >= 4 is 18.5 Å². The Labute approximate surface area is 125 Å². The molecule has 0 saturated carbocycles. The summed E-state index contributed by atoms with van der Waals surface area (Å²) in [5, 5.41) is 2.65. The number of benzene rings is 2. The molecular formula is C18H16NOP. The van der Waals surface area contributed by atoms with E-state index in [0.717, 1.165) is 11.9 Å². The lowest BCUT2D eigenvalue weighted by atomic mass is 10.4. The number of H-pyrrole nitrogens is 1. The molecule has 104 valence electrons. The highest BCUT2D eigenvalue weighted by Gasteiger charge is 2.14. The summed E-state index contributed by atoms with van der Waals surface area (Å²) in [5.74, 6) is 0. The van der Waals surface area contributed by atoms with E-state index >= 15 is 0 Å². The molecule has 0 fully saturated rings. The molecule has 0 bridgehead atoms. The van der Waals surface area contributed by atoms with Gasteiger partial charge in [0.1, 0.15) is 0 Å². The van der Waals surface area contributed by atoms with Crippen LogP contribution in [0.5, 0.6) is 0 Å².